The fourth-order valence-electron chi connectivity index (χ4n) is 4.23. The van der Waals surface area contributed by atoms with Gasteiger partial charge in [0.1, 0.15) is 0 Å². The Hall–Kier alpha value is -3.02. The van der Waals surface area contributed by atoms with E-state index in [9.17, 15) is 9.59 Å². The van der Waals surface area contributed by atoms with Crippen molar-refractivity contribution in [2.75, 3.05) is 20.1 Å². The van der Waals surface area contributed by atoms with Crippen molar-refractivity contribution < 1.29 is 9.59 Å². The highest BCUT2D eigenvalue weighted by atomic mass is 16.2. The number of hydrogen-bond donors (Lipinski definition) is 3. The van der Waals surface area contributed by atoms with Gasteiger partial charge in [-0.25, -0.2) is 0 Å². The number of aromatic nitrogens is 2. The summed E-state index contributed by atoms with van der Waals surface area (Å²) in [4.78, 5) is 33.4. The zero-order valence-electron chi connectivity index (χ0n) is 16.1. The lowest BCUT2D eigenvalue weighted by atomic mass is 9.92. The standard InChI is InChI=1S/C22H26N4O2/c1-23-22(28)18-10-11-24-21(18)16-5-4-12-26(14-16)20(27)9-8-15-13-25-19-7-3-2-6-17(15)19/h2-3,6-7,10-11,13,16,24-25H,4-5,8-9,12,14H2,1H3,(H,23,28). The molecule has 4 rings (SSSR count). The third kappa shape index (κ3) is 3.54. The topological polar surface area (TPSA) is 81.0 Å². The minimum Gasteiger partial charge on any atom is -0.364 e. The summed E-state index contributed by atoms with van der Waals surface area (Å²) in [5, 5.41) is 3.88. The van der Waals surface area contributed by atoms with Gasteiger partial charge in [-0.15, -0.1) is 0 Å². The maximum atomic E-state index is 12.8. The smallest absolute Gasteiger partial charge is 0.252 e. The van der Waals surface area contributed by atoms with Crippen LogP contribution in [0.1, 0.15) is 46.8 Å². The molecule has 1 unspecified atom stereocenters. The molecule has 0 spiro atoms. The Labute approximate surface area is 164 Å². The van der Waals surface area contributed by atoms with Crippen LogP contribution in [0.2, 0.25) is 0 Å². The first-order chi connectivity index (χ1) is 13.7. The summed E-state index contributed by atoms with van der Waals surface area (Å²) in [7, 11) is 1.64. The van der Waals surface area contributed by atoms with E-state index in [0.717, 1.165) is 37.0 Å². The van der Waals surface area contributed by atoms with E-state index in [1.165, 1.54) is 10.9 Å². The molecule has 28 heavy (non-hydrogen) atoms. The van der Waals surface area contributed by atoms with Crippen LogP contribution in [0.4, 0.5) is 0 Å². The van der Waals surface area contributed by atoms with Crippen molar-refractivity contribution in [3.8, 4) is 0 Å². The zero-order valence-corrected chi connectivity index (χ0v) is 16.1. The molecule has 1 atom stereocenters. The molecule has 2 aromatic heterocycles. The number of carbonyl (C=O) groups excluding carboxylic acids is 2. The maximum absolute atomic E-state index is 12.8. The number of aryl methyl sites for hydroxylation is 1. The van der Waals surface area contributed by atoms with Crippen LogP contribution in [0.25, 0.3) is 10.9 Å². The molecule has 1 fully saturated rings. The molecule has 3 aromatic rings. The molecule has 0 bridgehead atoms. The third-order valence-electron chi connectivity index (χ3n) is 5.72. The first-order valence-electron chi connectivity index (χ1n) is 9.89. The van der Waals surface area contributed by atoms with Crippen molar-refractivity contribution >= 4 is 22.7 Å². The number of amides is 2. The van der Waals surface area contributed by atoms with E-state index < -0.39 is 0 Å². The van der Waals surface area contributed by atoms with Crippen LogP contribution in [0, 0.1) is 0 Å². The summed E-state index contributed by atoms with van der Waals surface area (Å²) < 4.78 is 0. The normalized spacial score (nSPS) is 17.0. The van der Waals surface area contributed by atoms with Gasteiger partial charge < -0.3 is 20.2 Å². The highest BCUT2D eigenvalue weighted by molar-refractivity contribution is 5.95. The van der Waals surface area contributed by atoms with Gasteiger partial charge in [0.15, 0.2) is 0 Å². The predicted octanol–water partition coefficient (Wildman–Crippen LogP) is 3.19. The number of nitrogens with one attached hydrogen (secondary N) is 3. The molecule has 6 nitrogen and oxygen atoms in total. The number of rotatable bonds is 5. The molecule has 2 amide bonds. The molecule has 1 aliphatic rings. The van der Waals surface area contributed by atoms with Gasteiger partial charge >= 0.3 is 0 Å². The Morgan fingerprint density at radius 3 is 2.93 bits per heavy atom. The van der Waals surface area contributed by atoms with Crippen LogP contribution in [0.3, 0.4) is 0 Å². The number of fused-ring (bicyclic) bond motifs is 1. The second-order valence-electron chi connectivity index (χ2n) is 7.42. The molecule has 0 radical (unpaired) electrons. The maximum Gasteiger partial charge on any atom is 0.252 e. The molecular formula is C22H26N4O2. The van der Waals surface area contributed by atoms with Crippen LogP contribution in [-0.2, 0) is 11.2 Å². The van der Waals surface area contributed by atoms with Gasteiger partial charge in [-0.3, -0.25) is 9.59 Å². The van der Waals surface area contributed by atoms with Gasteiger partial charge in [-0.2, -0.15) is 0 Å². The summed E-state index contributed by atoms with van der Waals surface area (Å²) >= 11 is 0. The van der Waals surface area contributed by atoms with Gasteiger partial charge in [0, 0.05) is 61.5 Å². The van der Waals surface area contributed by atoms with Gasteiger partial charge in [0.05, 0.1) is 5.56 Å². The molecular weight excluding hydrogens is 352 g/mol. The Kier molecular flexibility index (Phi) is 5.19. The summed E-state index contributed by atoms with van der Waals surface area (Å²) in [6, 6.07) is 9.99. The van der Waals surface area contributed by atoms with E-state index in [4.69, 9.17) is 0 Å². The fourth-order valence-corrected chi connectivity index (χ4v) is 4.23. The number of carbonyl (C=O) groups is 2. The zero-order chi connectivity index (χ0) is 19.5. The van der Waals surface area contributed by atoms with Crippen molar-refractivity contribution in [2.24, 2.45) is 0 Å². The van der Waals surface area contributed by atoms with Crippen LogP contribution in [0.5, 0.6) is 0 Å². The molecule has 1 aromatic carbocycles. The van der Waals surface area contributed by atoms with Crippen molar-refractivity contribution in [1.82, 2.24) is 20.2 Å². The van der Waals surface area contributed by atoms with Gasteiger partial charge in [-0.05, 0) is 37.0 Å². The monoisotopic (exact) mass is 378 g/mol. The third-order valence-corrected chi connectivity index (χ3v) is 5.72. The fraction of sp³-hybridized carbons (Fsp3) is 0.364. The Balaban J connectivity index is 1.41. The van der Waals surface area contributed by atoms with Crippen LogP contribution in [0.15, 0.2) is 42.7 Å². The second kappa shape index (κ2) is 7.92. The number of benzene rings is 1. The Bertz CT molecular complexity index is 987. The SMILES string of the molecule is CNC(=O)c1cc[nH]c1C1CCCN(C(=O)CCc2c[nH]c3ccccc23)C1. The number of H-pyrrole nitrogens is 2. The Morgan fingerprint density at radius 1 is 1.21 bits per heavy atom. The molecule has 3 N–H and O–H groups in total. The quantitative estimate of drug-likeness (QED) is 0.637. The molecule has 146 valence electrons. The number of likely N-dealkylation sites (tertiary alicyclic amines) is 1. The lowest BCUT2D eigenvalue weighted by molar-refractivity contribution is -0.132. The van der Waals surface area contributed by atoms with Crippen LogP contribution >= 0.6 is 0 Å². The summed E-state index contributed by atoms with van der Waals surface area (Å²) in [5.41, 5.74) is 3.91. The number of aromatic amines is 2. The van der Waals surface area contributed by atoms with Crippen LogP contribution in [-0.4, -0.2) is 46.8 Å². The van der Waals surface area contributed by atoms with E-state index in [-0.39, 0.29) is 17.7 Å². The molecule has 1 saturated heterocycles. The van der Waals surface area contributed by atoms with E-state index in [1.807, 2.05) is 29.3 Å². The van der Waals surface area contributed by atoms with Crippen molar-refractivity contribution in [1.29, 1.82) is 0 Å². The van der Waals surface area contributed by atoms with E-state index in [0.29, 0.717) is 18.5 Å². The van der Waals surface area contributed by atoms with Crippen LogP contribution < -0.4 is 5.32 Å². The summed E-state index contributed by atoms with van der Waals surface area (Å²) in [5.74, 6) is 0.273. The van der Waals surface area contributed by atoms with Gasteiger partial charge in [-0.1, -0.05) is 18.2 Å². The summed E-state index contributed by atoms with van der Waals surface area (Å²) in [6.45, 7) is 1.45. The van der Waals surface area contributed by atoms with Gasteiger partial charge in [0.25, 0.3) is 5.91 Å². The van der Waals surface area contributed by atoms with E-state index in [2.05, 4.69) is 27.4 Å². The largest absolute Gasteiger partial charge is 0.364 e. The average Bonchev–Trinajstić information content (AvgIpc) is 3.39. The highest BCUT2D eigenvalue weighted by Gasteiger charge is 2.28. The lowest BCUT2D eigenvalue weighted by Crippen LogP contribution is -2.39. The van der Waals surface area contributed by atoms with Crippen molar-refractivity contribution in [2.45, 2.75) is 31.6 Å². The lowest BCUT2D eigenvalue weighted by Gasteiger charge is -2.33. The first kappa shape index (κ1) is 18.3. The number of piperidine rings is 1. The van der Waals surface area contributed by atoms with E-state index in [1.54, 1.807) is 13.2 Å². The Morgan fingerprint density at radius 2 is 2.07 bits per heavy atom. The van der Waals surface area contributed by atoms with Gasteiger partial charge in [0.2, 0.25) is 5.91 Å². The highest BCUT2D eigenvalue weighted by Crippen LogP contribution is 2.29. The minimum absolute atomic E-state index is 0.0842. The number of nitrogens with zero attached hydrogens (tertiary/aromatic N) is 1. The number of hydrogen-bond acceptors (Lipinski definition) is 2. The number of para-hydroxylation sites is 1. The van der Waals surface area contributed by atoms with E-state index >= 15 is 0 Å². The molecule has 0 aliphatic carbocycles. The molecule has 6 heteroatoms. The predicted molar refractivity (Wildman–Crippen MR) is 109 cm³/mol. The second-order valence-corrected chi connectivity index (χ2v) is 7.42. The van der Waals surface area contributed by atoms with Crippen molar-refractivity contribution in [3.05, 3.63) is 59.5 Å². The molecule has 3 heterocycles. The molecule has 1 aliphatic heterocycles. The van der Waals surface area contributed by atoms with Crippen molar-refractivity contribution in [3.63, 3.8) is 0 Å². The average molecular weight is 378 g/mol. The molecule has 0 saturated carbocycles. The first-order valence-corrected chi connectivity index (χ1v) is 9.89. The summed E-state index contributed by atoms with van der Waals surface area (Å²) in [6.07, 6.45) is 6.98. The minimum atomic E-state index is -0.0842.